The molecule has 2 heterocycles. The standard InChI is InChI=1S/C27H25NO3/c1-18-16-28(17-24(18)19-5-3-2-4-6-19)11-9-25(29)21-8-7-20-15-27-23(14-22(20)13-21)26(30)10-12-31-27/h2-8,10,12-15,18,24H,9,11,16-17H2,1H3. The zero-order chi connectivity index (χ0) is 21.4. The molecule has 4 nitrogen and oxygen atoms in total. The Labute approximate surface area is 181 Å². The quantitative estimate of drug-likeness (QED) is 0.332. The summed E-state index contributed by atoms with van der Waals surface area (Å²) in [5.41, 5.74) is 2.57. The summed E-state index contributed by atoms with van der Waals surface area (Å²) in [7, 11) is 0. The van der Waals surface area contributed by atoms with Gasteiger partial charge < -0.3 is 9.32 Å². The number of carbonyl (C=O) groups is 1. The Kier molecular flexibility index (Phi) is 5.16. The summed E-state index contributed by atoms with van der Waals surface area (Å²) in [4.78, 5) is 27.4. The van der Waals surface area contributed by atoms with Crippen LogP contribution in [0.3, 0.4) is 0 Å². The Bertz CT molecular complexity index is 1310. The van der Waals surface area contributed by atoms with Gasteiger partial charge in [0.2, 0.25) is 0 Å². The van der Waals surface area contributed by atoms with E-state index in [1.807, 2.05) is 30.3 Å². The van der Waals surface area contributed by atoms with Crippen LogP contribution in [0.15, 0.2) is 82.2 Å². The van der Waals surface area contributed by atoms with Crippen LogP contribution >= 0.6 is 0 Å². The van der Waals surface area contributed by atoms with Gasteiger partial charge in [-0.3, -0.25) is 9.59 Å². The number of Topliss-reactive ketones (excluding diaryl/α,β-unsaturated/α-hetero) is 1. The minimum absolute atomic E-state index is 0.0731. The molecule has 3 aromatic carbocycles. The average Bonchev–Trinajstić information content (AvgIpc) is 3.17. The predicted molar refractivity (Wildman–Crippen MR) is 124 cm³/mol. The highest BCUT2D eigenvalue weighted by Crippen LogP contribution is 2.32. The van der Waals surface area contributed by atoms with Crippen molar-refractivity contribution in [1.82, 2.24) is 4.90 Å². The van der Waals surface area contributed by atoms with Gasteiger partial charge in [0.1, 0.15) is 5.58 Å². The topological polar surface area (TPSA) is 50.5 Å². The van der Waals surface area contributed by atoms with Crippen molar-refractivity contribution in [2.75, 3.05) is 19.6 Å². The highest BCUT2D eigenvalue weighted by Gasteiger charge is 2.30. The predicted octanol–water partition coefficient (Wildman–Crippen LogP) is 5.25. The number of likely N-dealkylation sites (tertiary alicyclic amines) is 1. The Morgan fingerprint density at radius 1 is 1.00 bits per heavy atom. The number of hydrogen-bond acceptors (Lipinski definition) is 4. The van der Waals surface area contributed by atoms with Crippen LogP contribution in [0.1, 0.15) is 35.2 Å². The highest BCUT2D eigenvalue weighted by atomic mass is 16.3. The van der Waals surface area contributed by atoms with E-state index in [4.69, 9.17) is 4.42 Å². The summed E-state index contributed by atoms with van der Waals surface area (Å²) < 4.78 is 5.45. The molecule has 1 aromatic heterocycles. The lowest BCUT2D eigenvalue weighted by atomic mass is 9.90. The van der Waals surface area contributed by atoms with E-state index in [-0.39, 0.29) is 11.2 Å². The van der Waals surface area contributed by atoms with Gasteiger partial charge >= 0.3 is 0 Å². The lowest BCUT2D eigenvalue weighted by Gasteiger charge is -2.16. The lowest BCUT2D eigenvalue weighted by Crippen LogP contribution is -2.24. The average molecular weight is 412 g/mol. The molecule has 5 rings (SSSR count). The summed E-state index contributed by atoms with van der Waals surface area (Å²) in [6.45, 7) is 5.08. The van der Waals surface area contributed by atoms with Crippen LogP contribution in [0.25, 0.3) is 21.7 Å². The number of nitrogens with zero attached hydrogens (tertiary/aromatic N) is 1. The number of carbonyl (C=O) groups excluding carboxylic acids is 1. The molecule has 1 aliphatic rings. The van der Waals surface area contributed by atoms with Crippen molar-refractivity contribution < 1.29 is 9.21 Å². The zero-order valence-corrected chi connectivity index (χ0v) is 17.6. The van der Waals surface area contributed by atoms with Crippen molar-refractivity contribution in [2.24, 2.45) is 5.92 Å². The molecule has 4 heteroatoms. The molecule has 0 radical (unpaired) electrons. The fraction of sp³-hybridized carbons (Fsp3) is 0.259. The van der Waals surface area contributed by atoms with Gasteiger partial charge in [-0.1, -0.05) is 49.4 Å². The number of ketones is 1. The lowest BCUT2D eigenvalue weighted by molar-refractivity contribution is 0.0968. The first-order valence-electron chi connectivity index (χ1n) is 10.8. The van der Waals surface area contributed by atoms with Gasteiger partial charge in [-0.15, -0.1) is 0 Å². The van der Waals surface area contributed by atoms with Gasteiger partial charge in [0.05, 0.1) is 11.6 Å². The Morgan fingerprint density at radius 2 is 1.84 bits per heavy atom. The first kappa shape index (κ1) is 19.7. The van der Waals surface area contributed by atoms with E-state index in [9.17, 15) is 9.59 Å². The van der Waals surface area contributed by atoms with E-state index >= 15 is 0 Å². The number of hydrogen-bond donors (Lipinski definition) is 0. The summed E-state index contributed by atoms with van der Waals surface area (Å²) in [5, 5.41) is 2.38. The fourth-order valence-corrected chi connectivity index (χ4v) is 4.79. The maximum atomic E-state index is 12.9. The van der Waals surface area contributed by atoms with Crippen molar-refractivity contribution in [3.8, 4) is 0 Å². The third-order valence-electron chi connectivity index (χ3n) is 6.51. The van der Waals surface area contributed by atoms with Gasteiger partial charge in [-0.25, -0.2) is 0 Å². The molecule has 31 heavy (non-hydrogen) atoms. The molecular weight excluding hydrogens is 386 g/mol. The molecular formula is C27H25NO3. The third kappa shape index (κ3) is 3.91. The van der Waals surface area contributed by atoms with E-state index in [0.29, 0.717) is 34.8 Å². The molecule has 0 saturated carbocycles. The van der Waals surface area contributed by atoms with Crippen molar-refractivity contribution in [3.63, 3.8) is 0 Å². The number of rotatable bonds is 5. The zero-order valence-electron chi connectivity index (χ0n) is 17.6. The smallest absolute Gasteiger partial charge is 0.192 e. The fourth-order valence-electron chi connectivity index (χ4n) is 4.79. The van der Waals surface area contributed by atoms with E-state index < -0.39 is 0 Å². The van der Waals surface area contributed by atoms with E-state index in [2.05, 4.69) is 42.2 Å². The molecule has 0 spiro atoms. The second-order valence-corrected chi connectivity index (χ2v) is 8.62. The molecule has 1 aliphatic heterocycles. The van der Waals surface area contributed by atoms with Crippen LogP contribution < -0.4 is 5.43 Å². The van der Waals surface area contributed by atoms with Crippen molar-refractivity contribution in [3.05, 3.63) is 94.3 Å². The SMILES string of the molecule is CC1CN(CCC(=O)c2ccc3cc4occc(=O)c4cc3c2)CC1c1ccccc1. The first-order valence-corrected chi connectivity index (χ1v) is 10.8. The number of benzene rings is 3. The Balaban J connectivity index is 1.30. The minimum atomic E-state index is -0.0731. The summed E-state index contributed by atoms with van der Waals surface area (Å²) in [6, 6.07) is 21.4. The monoisotopic (exact) mass is 411 g/mol. The molecule has 1 saturated heterocycles. The molecule has 1 fully saturated rings. The molecule has 0 bridgehead atoms. The van der Waals surface area contributed by atoms with E-state index in [1.54, 1.807) is 0 Å². The van der Waals surface area contributed by atoms with Crippen molar-refractivity contribution >= 4 is 27.5 Å². The first-order chi connectivity index (χ1) is 15.1. The van der Waals surface area contributed by atoms with Gasteiger partial charge in [0, 0.05) is 43.6 Å². The second kappa shape index (κ2) is 8.12. The second-order valence-electron chi connectivity index (χ2n) is 8.62. The molecule has 156 valence electrons. The van der Waals surface area contributed by atoms with Crippen LogP contribution in [0.2, 0.25) is 0 Å². The third-order valence-corrected chi connectivity index (χ3v) is 6.51. The number of fused-ring (bicyclic) bond motifs is 2. The van der Waals surface area contributed by atoms with Crippen LogP contribution in [-0.4, -0.2) is 30.3 Å². The maximum Gasteiger partial charge on any atom is 0.192 e. The van der Waals surface area contributed by atoms with Crippen molar-refractivity contribution in [2.45, 2.75) is 19.3 Å². The largest absolute Gasteiger partial charge is 0.464 e. The maximum absolute atomic E-state index is 12.9. The van der Waals surface area contributed by atoms with E-state index in [0.717, 1.165) is 30.4 Å². The van der Waals surface area contributed by atoms with Gasteiger partial charge in [0.15, 0.2) is 11.2 Å². The summed E-state index contributed by atoms with van der Waals surface area (Å²) in [6.07, 6.45) is 1.91. The van der Waals surface area contributed by atoms with Gasteiger partial charge in [-0.05, 0) is 40.5 Å². The summed E-state index contributed by atoms with van der Waals surface area (Å²) >= 11 is 0. The molecule has 0 N–H and O–H groups in total. The van der Waals surface area contributed by atoms with E-state index in [1.165, 1.54) is 17.9 Å². The minimum Gasteiger partial charge on any atom is -0.464 e. The van der Waals surface area contributed by atoms with Crippen LogP contribution in [0, 0.1) is 5.92 Å². The molecule has 2 atom stereocenters. The summed E-state index contributed by atoms with van der Waals surface area (Å²) in [5.74, 6) is 1.24. The molecule has 0 aliphatic carbocycles. The highest BCUT2D eigenvalue weighted by molar-refractivity contribution is 6.02. The molecule has 4 aromatic rings. The van der Waals surface area contributed by atoms with Gasteiger partial charge in [0.25, 0.3) is 0 Å². The Morgan fingerprint density at radius 3 is 2.68 bits per heavy atom. The van der Waals surface area contributed by atoms with Gasteiger partial charge in [-0.2, -0.15) is 0 Å². The molecule has 2 unspecified atom stereocenters. The van der Waals surface area contributed by atoms with Crippen LogP contribution in [0.4, 0.5) is 0 Å². The van der Waals surface area contributed by atoms with Crippen molar-refractivity contribution in [1.29, 1.82) is 0 Å². The Hall–Kier alpha value is -3.24. The molecule has 0 amide bonds. The normalized spacial score (nSPS) is 19.3. The van der Waals surface area contributed by atoms with Crippen LogP contribution in [0.5, 0.6) is 0 Å². The van der Waals surface area contributed by atoms with Crippen LogP contribution in [-0.2, 0) is 0 Å².